The van der Waals surface area contributed by atoms with Crippen molar-refractivity contribution in [3.63, 3.8) is 0 Å². The highest BCUT2D eigenvalue weighted by Gasteiger charge is 2.23. The Morgan fingerprint density at radius 1 is 1.12 bits per heavy atom. The lowest BCUT2D eigenvalue weighted by atomic mass is 9.98. The van der Waals surface area contributed by atoms with E-state index in [1.165, 1.54) is 0 Å². The molecule has 1 heterocycles. The molecule has 2 unspecified atom stereocenters. The largest absolute Gasteiger partial charge is 0.387 e. The van der Waals surface area contributed by atoms with E-state index in [-0.39, 0.29) is 24.6 Å². The Hall–Kier alpha value is -3.47. The number of aryl methyl sites for hydroxylation is 2. The highest BCUT2D eigenvalue weighted by atomic mass is 32.1. The standard InChI is InChI=1S/C38H55F2N7S/c1-6-12-34(47(19-10-17-39)20-11-18-44-36(42)8-3)31-16-15-30(24-35(31)48)46(5)25-28-23-33(45-38(28)43)32-22-27(21-26(4)37(32)40)13-9-14-29(41)7-2/h7,15-16,21-25,29,34,48H,2,6,8-14,17-20,41H2,1,3-5H3,(H2,42,44)(H2,43,45)/b28-25-. The third kappa shape index (κ3) is 11.0. The minimum atomic E-state index is -0.353. The Morgan fingerprint density at radius 3 is 2.54 bits per heavy atom. The maximum absolute atomic E-state index is 15.3. The summed E-state index contributed by atoms with van der Waals surface area (Å²) >= 11 is 4.93. The normalized spacial score (nSPS) is 15.5. The fraction of sp³-hybridized carbons (Fsp3) is 0.474. The molecule has 1 aliphatic rings. The van der Waals surface area contributed by atoms with Gasteiger partial charge in [0.1, 0.15) is 11.7 Å². The lowest BCUT2D eigenvalue weighted by Gasteiger charge is -2.33. The van der Waals surface area contributed by atoms with Crippen molar-refractivity contribution in [1.29, 1.82) is 0 Å². The number of hydrogen-bond acceptors (Lipinski definition) is 7. The molecule has 48 heavy (non-hydrogen) atoms. The molecule has 0 aliphatic carbocycles. The monoisotopic (exact) mass is 679 g/mol. The molecule has 1 aliphatic heterocycles. The Balaban J connectivity index is 1.82. The summed E-state index contributed by atoms with van der Waals surface area (Å²) in [6.07, 6.45) is 11.9. The average molecular weight is 680 g/mol. The number of rotatable bonds is 20. The summed E-state index contributed by atoms with van der Waals surface area (Å²) in [5.41, 5.74) is 23.5. The molecule has 0 spiro atoms. The summed E-state index contributed by atoms with van der Waals surface area (Å²) in [6, 6.07) is 10.0. The highest BCUT2D eigenvalue weighted by molar-refractivity contribution is 7.80. The lowest BCUT2D eigenvalue weighted by molar-refractivity contribution is 0.175. The summed E-state index contributed by atoms with van der Waals surface area (Å²) < 4.78 is 28.6. The highest BCUT2D eigenvalue weighted by Crippen LogP contribution is 2.34. The molecule has 0 saturated carbocycles. The van der Waals surface area contributed by atoms with E-state index >= 15 is 4.39 Å². The number of anilines is 1. The zero-order valence-electron chi connectivity index (χ0n) is 29.2. The first-order valence-electron chi connectivity index (χ1n) is 17.1. The second kappa shape index (κ2) is 19.5. The lowest BCUT2D eigenvalue weighted by Crippen LogP contribution is -2.32. The van der Waals surface area contributed by atoms with Crippen LogP contribution in [0.2, 0.25) is 0 Å². The maximum Gasteiger partial charge on any atom is 0.135 e. The Morgan fingerprint density at radius 2 is 1.88 bits per heavy atom. The minimum absolute atomic E-state index is 0.0474. The first kappa shape index (κ1) is 39.0. The van der Waals surface area contributed by atoms with Gasteiger partial charge in [0.25, 0.3) is 0 Å². The number of thiol groups is 1. The van der Waals surface area contributed by atoms with Crippen LogP contribution in [0.1, 0.15) is 87.1 Å². The molecule has 0 bridgehead atoms. The van der Waals surface area contributed by atoms with Gasteiger partial charge >= 0.3 is 0 Å². The van der Waals surface area contributed by atoms with E-state index in [1.807, 2.05) is 49.3 Å². The molecule has 2 atom stereocenters. The van der Waals surface area contributed by atoms with Crippen molar-refractivity contribution >= 4 is 35.7 Å². The van der Waals surface area contributed by atoms with E-state index in [9.17, 15) is 4.39 Å². The summed E-state index contributed by atoms with van der Waals surface area (Å²) in [4.78, 5) is 14.2. The van der Waals surface area contributed by atoms with Gasteiger partial charge in [-0.15, -0.1) is 19.2 Å². The molecule has 3 rings (SSSR count). The van der Waals surface area contributed by atoms with Gasteiger partial charge in [-0.1, -0.05) is 38.5 Å². The number of halogens is 2. The van der Waals surface area contributed by atoms with Gasteiger partial charge in [0, 0.05) is 73.1 Å². The molecule has 2 aromatic carbocycles. The summed E-state index contributed by atoms with van der Waals surface area (Å²) in [5.74, 6) is 0.692. The van der Waals surface area contributed by atoms with Crippen LogP contribution in [0.15, 0.2) is 75.7 Å². The van der Waals surface area contributed by atoms with Crippen LogP contribution in [0.5, 0.6) is 0 Å². The van der Waals surface area contributed by atoms with Gasteiger partial charge in [-0.05, 0) is 86.4 Å². The number of nitrogens with two attached hydrogens (primary N) is 3. The van der Waals surface area contributed by atoms with Crippen molar-refractivity contribution in [3.8, 4) is 0 Å². The van der Waals surface area contributed by atoms with Gasteiger partial charge in [0.15, 0.2) is 0 Å². The van der Waals surface area contributed by atoms with Crippen molar-refractivity contribution < 1.29 is 8.78 Å². The number of nitrogens with zero attached hydrogens (tertiary/aromatic N) is 4. The van der Waals surface area contributed by atoms with Crippen LogP contribution in [-0.2, 0) is 6.42 Å². The van der Waals surface area contributed by atoms with E-state index in [4.69, 9.17) is 29.8 Å². The summed E-state index contributed by atoms with van der Waals surface area (Å²) in [7, 11) is 1.94. The van der Waals surface area contributed by atoms with Crippen molar-refractivity contribution in [1.82, 2.24) is 4.90 Å². The Labute approximate surface area is 292 Å². The average Bonchev–Trinajstić information content (AvgIpc) is 3.43. The van der Waals surface area contributed by atoms with Crippen molar-refractivity contribution in [2.24, 2.45) is 27.2 Å². The van der Waals surface area contributed by atoms with Gasteiger partial charge in [-0.25, -0.2) is 9.38 Å². The third-order valence-electron chi connectivity index (χ3n) is 8.70. The fourth-order valence-electron chi connectivity index (χ4n) is 5.94. The zero-order valence-corrected chi connectivity index (χ0v) is 30.1. The van der Waals surface area contributed by atoms with Gasteiger partial charge in [-0.3, -0.25) is 14.3 Å². The first-order chi connectivity index (χ1) is 23.0. The minimum Gasteiger partial charge on any atom is -0.387 e. The van der Waals surface area contributed by atoms with Crippen LogP contribution >= 0.6 is 12.6 Å². The number of alkyl halides is 1. The summed E-state index contributed by atoms with van der Waals surface area (Å²) in [6.45, 7) is 11.4. The predicted molar refractivity (Wildman–Crippen MR) is 203 cm³/mol. The molecule has 7 nitrogen and oxygen atoms in total. The van der Waals surface area contributed by atoms with Crippen LogP contribution in [-0.4, -0.2) is 56.0 Å². The molecule has 262 valence electrons. The van der Waals surface area contributed by atoms with Crippen LogP contribution < -0.4 is 22.1 Å². The van der Waals surface area contributed by atoms with Crippen LogP contribution in [0.3, 0.4) is 0 Å². The van der Waals surface area contributed by atoms with E-state index in [0.29, 0.717) is 53.6 Å². The maximum atomic E-state index is 15.3. The number of benzene rings is 2. The SMILES string of the molecule is C=CC(N)CCCc1cc(C)c(F)c(C2=C/C(=C/N(C)c3ccc(C(CCC)N(CCCF)CCCN=C(N)CC)c(S)c3)C(N)=N2)c1. The molecule has 2 aromatic rings. The fourth-order valence-corrected chi connectivity index (χ4v) is 6.30. The molecule has 0 saturated heterocycles. The van der Waals surface area contributed by atoms with Crippen molar-refractivity contribution in [3.05, 3.63) is 88.9 Å². The second-order valence-electron chi connectivity index (χ2n) is 12.5. The van der Waals surface area contributed by atoms with Gasteiger partial charge in [0.2, 0.25) is 0 Å². The topological polar surface area (TPSA) is 109 Å². The quantitative estimate of drug-likeness (QED) is 0.0378. The summed E-state index contributed by atoms with van der Waals surface area (Å²) in [5, 5.41) is 0. The molecule has 6 N–H and O–H groups in total. The van der Waals surface area contributed by atoms with Crippen molar-refractivity contribution in [2.75, 3.05) is 38.3 Å². The van der Waals surface area contributed by atoms with E-state index < -0.39 is 0 Å². The zero-order chi connectivity index (χ0) is 35.2. The first-order valence-corrected chi connectivity index (χ1v) is 17.6. The second-order valence-corrected chi connectivity index (χ2v) is 13.0. The van der Waals surface area contributed by atoms with Crippen LogP contribution in [0.25, 0.3) is 5.70 Å². The van der Waals surface area contributed by atoms with Gasteiger partial charge < -0.3 is 22.1 Å². The molecule has 0 radical (unpaired) electrons. The number of amidine groups is 2. The van der Waals surface area contributed by atoms with Crippen LogP contribution in [0.4, 0.5) is 14.5 Å². The molecule has 0 aromatic heterocycles. The molecule has 10 heteroatoms. The Kier molecular flexibility index (Phi) is 15.8. The molecule has 0 amide bonds. The van der Waals surface area contributed by atoms with E-state index in [2.05, 4.69) is 40.5 Å². The Bertz CT molecular complexity index is 1500. The molecule has 0 fully saturated rings. The van der Waals surface area contributed by atoms with Crippen LogP contribution in [0, 0.1) is 12.7 Å². The van der Waals surface area contributed by atoms with Gasteiger partial charge in [0.05, 0.1) is 18.2 Å². The predicted octanol–water partition coefficient (Wildman–Crippen LogP) is 7.65. The third-order valence-corrected chi connectivity index (χ3v) is 9.09. The number of aliphatic imine (C=N–C) groups is 2. The molecular weight excluding hydrogens is 625 g/mol. The van der Waals surface area contributed by atoms with Crippen molar-refractivity contribution in [2.45, 2.75) is 89.1 Å². The smallest absolute Gasteiger partial charge is 0.135 e. The van der Waals surface area contributed by atoms with E-state index in [0.717, 1.165) is 73.2 Å². The van der Waals surface area contributed by atoms with Gasteiger partial charge in [-0.2, -0.15) is 0 Å². The van der Waals surface area contributed by atoms with E-state index in [1.54, 1.807) is 13.0 Å². The molecular formula is C38H55F2N7S. The number of hydrogen-bond donors (Lipinski definition) is 4.